The summed E-state index contributed by atoms with van der Waals surface area (Å²) >= 11 is 0. The molecule has 3 heterocycles. The Morgan fingerprint density at radius 3 is 2.63 bits per heavy atom. The number of benzene rings is 2. The number of aromatic amines is 1. The molecule has 0 unspecified atom stereocenters. The maximum Gasteiger partial charge on any atom is 0.278 e. The molecule has 3 aromatic rings. The molecule has 148 valence electrons. The first-order chi connectivity index (χ1) is 14.7. The zero-order valence-corrected chi connectivity index (χ0v) is 16.2. The van der Waals surface area contributed by atoms with Gasteiger partial charge in [0.2, 0.25) is 0 Å². The van der Waals surface area contributed by atoms with E-state index in [4.69, 9.17) is 10.2 Å². The Morgan fingerprint density at radius 2 is 1.87 bits per heavy atom. The minimum Gasteiger partial charge on any atom is -0.469 e. The van der Waals surface area contributed by atoms with Crippen molar-refractivity contribution in [2.45, 2.75) is 12.8 Å². The number of hydrogen-bond acceptors (Lipinski definition) is 4. The van der Waals surface area contributed by atoms with Crippen molar-refractivity contribution in [1.29, 1.82) is 0 Å². The summed E-state index contributed by atoms with van der Waals surface area (Å²) in [6.07, 6.45) is 4.37. The van der Waals surface area contributed by atoms with E-state index in [1.54, 1.807) is 17.0 Å². The van der Waals surface area contributed by atoms with Crippen LogP contribution in [-0.2, 0) is 12.8 Å². The van der Waals surface area contributed by atoms with Gasteiger partial charge >= 0.3 is 0 Å². The predicted octanol–water partition coefficient (Wildman–Crippen LogP) is 4.02. The molecule has 0 aliphatic carbocycles. The van der Waals surface area contributed by atoms with Crippen molar-refractivity contribution in [2.24, 2.45) is 0 Å². The average Bonchev–Trinajstić information content (AvgIpc) is 3.38. The van der Waals surface area contributed by atoms with Crippen LogP contribution in [0.15, 0.2) is 88.4 Å². The number of nitrogens with one attached hydrogen (secondary N) is 1. The Bertz CT molecular complexity index is 1320. The van der Waals surface area contributed by atoms with Gasteiger partial charge in [0, 0.05) is 23.9 Å². The summed E-state index contributed by atoms with van der Waals surface area (Å²) < 4.78 is 7.03. The van der Waals surface area contributed by atoms with Gasteiger partial charge < -0.3 is 15.1 Å². The lowest BCUT2D eigenvalue weighted by Gasteiger charge is -2.13. The third kappa shape index (κ3) is 3.39. The van der Waals surface area contributed by atoms with Gasteiger partial charge in [-0.15, -0.1) is 0 Å². The molecular weight excluding hydrogens is 376 g/mol. The average molecular weight is 396 g/mol. The lowest BCUT2D eigenvalue weighted by atomic mass is 10.1. The second-order valence-electron chi connectivity index (χ2n) is 7.25. The molecule has 1 aromatic heterocycles. The Hall–Kier alpha value is -4.06. The van der Waals surface area contributed by atoms with Gasteiger partial charge in [0.1, 0.15) is 11.5 Å². The molecule has 0 spiro atoms. The van der Waals surface area contributed by atoms with Crippen molar-refractivity contribution in [3.8, 4) is 17.1 Å². The molecule has 2 aromatic carbocycles. The molecule has 0 bridgehead atoms. The fraction of sp³-hybridized carbons (Fsp3) is 0.0833. The maximum atomic E-state index is 13.1. The van der Waals surface area contributed by atoms with Gasteiger partial charge in [-0.1, -0.05) is 42.5 Å². The van der Waals surface area contributed by atoms with E-state index in [2.05, 4.69) is 22.1 Å². The van der Waals surface area contributed by atoms with Crippen LogP contribution in [0.25, 0.3) is 17.1 Å². The lowest BCUT2D eigenvalue weighted by molar-refractivity contribution is 0.519. The SMILES string of the molecule is Nc1cccc(-c2cn3c(=O)c(Cc4ccco4)nc-3c(Cc3ccccc3)[nH]2)c1. The van der Waals surface area contributed by atoms with E-state index in [0.29, 0.717) is 35.8 Å². The molecule has 0 saturated heterocycles. The smallest absolute Gasteiger partial charge is 0.278 e. The van der Waals surface area contributed by atoms with E-state index >= 15 is 0 Å². The number of nitrogens with two attached hydrogens (primary N) is 1. The van der Waals surface area contributed by atoms with Gasteiger partial charge in [-0.3, -0.25) is 9.36 Å². The van der Waals surface area contributed by atoms with E-state index in [1.165, 1.54) is 0 Å². The quantitative estimate of drug-likeness (QED) is 0.439. The molecule has 0 amide bonds. The minimum atomic E-state index is -0.144. The highest BCUT2D eigenvalue weighted by Gasteiger charge is 2.21. The van der Waals surface area contributed by atoms with Crippen molar-refractivity contribution in [2.75, 3.05) is 5.73 Å². The summed E-state index contributed by atoms with van der Waals surface area (Å²) in [7, 11) is 0. The highest BCUT2D eigenvalue weighted by Crippen LogP contribution is 2.25. The molecule has 6 heteroatoms. The van der Waals surface area contributed by atoms with Crippen LogP contribution in [-0.4, -0.2) is 14.5 Å². The van der Waals surface area contributed by atoms with Crippen molar-refractivity contribution in [3.63, 3.8) is 0 Å². The van der Waals surface area contributed by atoms with Gasteiger partial charge in [-0.05, 0) is 29.8 Å². The number of hydrogen-bond donors (Lipinski definition) is 2. The van der Waals surface area contributed by atoms with Gasteiger partial charge in [-0.25, -0.2) is 4.98 Å². The molecule has 30 heavy (non-hydrogen) atoms. The zero-order valence-electron chi connectivity index (χ0n) is 16.2. The second-order valence-corrected chi connectivity index (χ2v) is 7.25. The summed E-state index contributed by atoms with van der Waals surface area (Å²) in [4.78, 5) is 21.3. The van der Waals surface area contributed by atoms with E-state index in [1.807, 2.05) is 54.6 Å². The number of H-pyrrole nitrogens is 1. The minimum absolute atomic E-state index is 0.144. The van der Waals surface area contributed by atoms with Crippen LogP contribution in [0.2, 0.25) is 0 Å². The van der Waals surface area contributed by atoms with Crippen LogP contribution in [0, 0.1) is 0 Å². The number of imidazole rings is 1. The second kappa shape index (κ2) is 7.40. The molecule has 0 saturated carbocycles. The molecule has 2 aliphatic heterocycles. The molecule has 5 rings (SSSR count). The molecule has 3 N–H and O–H groups in total. The maximum absolute atomic E-state index is 13.1. The van der Waals surface area contributed by atoms with Crippen LogP contribution < -0.4 is 11.3 Å². The van der Waals surface area contributed by atoms with Crippen LogP contribution in [0.3, 0.4) is 0 Å². The monoisotopic (exact) mass is 396 g/mol. The summed E-state index contributed by atoms with van der Waals surface area (Å²) in [5.74, 6) is 1.33. The van der Waals surface area contributed by atoms with E-state index in [-0.39, 0.29) is 5.56 Å². The first-order valence-electron chi connectivity index (χ1n) is 9.73. The fourth-order valence-corrected chi connectivity index (χ4v) is 3.65. The van der Waals surface area contributed by atoms with Crippen LogP contribution in [0.4, 0.5) is 5.69 Å². The van der Waals surface area contributed by atoms with Gasteiger partial charge in [-0.2, -0.15) is 0 Å². The summed E-state index contributed by atoms with van der Waals surface area (Å²) in [5, 5.41) is 0. The molecule has 0 radical (unpaired) electrons. The van der Waals surface area contributed by atoms with E-state index in [0.717, 1.165) is 22.5 Å². The number of nitrogens with zero attached hydrogens (tertiary/aromatic N) is 2. The third-order valence-electron chi connectivity index (χ3n) is 5.09. The van der Waals surface area contributed by atoms with Gasteiger partial charge in [0.25, 0.3) is 5.56 Å². The standard InChI is InChI=1S/C24H20N4O2/c25-18-9-4-8-17(13-18)22-15-28-23(20(26-22)12-16-6-2-1-3-7-16)27-21(24(28)29)14-19-10-5-11-30-19/h1-11,13,15,26H,12,14,25H2. The molecule has 6 nitrogen and oxygen atoms in total. The Labute approximate surface area is 173 Å². The van der Waals surface area contributed by atoms with E-state index < -0.39 is 0 Å². The van der Waals surface area contributed by atoms with Crippen molar-refractivity contribution in [3.05, 3.63) is 112 Å². The Balaban J connectivity index is 1.67. The van der Waals surface area contributed by atoms with Crippen LogP contribution in [0.5, 0.6) is 0 Å². The number of nitrogen functional groups attached to an aromatic ring is 1. The zero-order chi connectivity index (χ0) is 20.5. The number of rotatable bonds is 5. The lowest BCUT2D eigenvalue weighted by Crippen LogP contribution is -2.17. The molecule has 0 atom stereocenters. The topological polar surface area (TPSA) is 89.8 Å². The first kappa shape index (κ1) is 18.0. The molecular formula is C24H20N4O2. The Morgan fingerprint density at radius 1 is 1.00 bits per heavy atom. The third-order valence-corrected chi connectivity index (χ3v) is 5.09. The first-order valence-corrected chi connectivity index (χ1v) is 9.73. The van der Waals surface area contributed by atoms with Gasteiger partial charge in [0.05, 0.1) is 24.1 Å². The van der Waals surface area contributed by atoms with Crippen LogP contribution in [0.1, 0.15) is 22.7 Å². The molecule has 2 aliphatic rings. The highest BCUT2D eigenvalue weighted by atomic mass is 16.3. The predicted molar refractivity (Wildman–Crippen MR) is 116 cm³/mol. The number of fused-ring (bicyclic) bond motifs is 1. The number of furan rings is 1. The summed E-state index contributed by atoms with van der Waals surface area (Å²) in [6.45, 7) is 0. The molecule has 0 fully saturated rings. The summed E-state index contributed by atoms with van der Waals surface area (Å²) in [6, 6.07) is 21.3. The fourth-order valence-electron chi connectivity index (χ4n) is 3.65. The number of aromatic nitrogens is 3. The van der Waals surface area contributed by atoms with Gasteiger partial charge in [0.15, 0.2) is 5.82 Å². The van der Waals surface area contributed by atoms with Crippen LogP contribution >= 0.6 is 0 Å². The van der Waals surface area contributed by atoms with E-state index in [9.17, 15) is 4.79 Å². The largest absolute Gasteiger partial charge is 0.469 e. The highest BCUT2D eigenvalue weighted by molar-refractivity contribution is 5.64. The number of anilines is 1. The summed E-state index contributed by atoms with van der Waals surface area (Å²) in [5.41, 5.74) is 10.7. The van der Waals surface area contributed by atoms with Crippen molar-refractivity contribution in [1.82, 2.24) is 14.5 Å². The Kier molecular flexibility index (Phi) is 4.44. The van der Waals surface area contributed by atoms with Crippen molar-refractivity contribution >= 4 is 5.69 Å². The van der Waals surface area contributed by atoms with Crippen molar-refractivity contribution < 1.29 is 4.42 Å². The normalized spacial score (nSPS) is 11.2.